The molecule has 0 bridgehead atoms. The standard InChI is InChI=1S/C19H23N3O2/c23-19(16-8-1-2-9-18(16)24-15-6-3-7-15)22-12-4-5-14(13-22)17-10-11-20-21-17/h1-2,8-11,14-15H,3-7,12-13H2,(H,20,21)/t14-/m0/s1. The molecule has 1 atom stereocenters. The first-order chi connectivity index (χ1) is 11.8. The normalized spacial score (nSPS) is 21.3. The summed E-state index contributed by atoms with van der Waals surface area (Å²) in [7, 11) is 0. The van der Waals surface area contributed by atoms with Gasteiger partial charge in [0.05, 0.1) is 11.7 Å². The quantitative estimate of drug-likeness (QED) is 0.938. The van der Waals surface area contributed by atoms with Crippen molar-refractivity contribution in [3.63, 3.8) is 0 Å². The number of hydrogen-bond acceptors (Lipinski definition) is 3. The molecule has 1 saturated carbocycles. The molecule has 1 saturated heterocycles. The zero-order valence-electron chi connectivity index (χ0n) is 13.8. The van der Waals surface area contributed by atoms with Crippen molar-refractivity contribution in [2.75, 3.05) is 13.1 Å². The third-order valence-electron chi connectivity index (χ3n) is 5.13. The third kappa shape index (κ3) is 3.03. The molecule has 1 N–H and O–H groups in total. The van der Waals surface area contributed by atoms with Crippen LogP contribution >= 0.6 is 0 Å². The summed E-state index contributed by atoms with van der Waals surface area (Å²) in [4.78, 5) is 15.0. The summed E-state index contributed by atoms with van der Waals surface area (Å²) >= 11 is 0. The Morgan fingerprint density at radius 3 is 2.79 bits per heavy atom. The number of rotatable bonds is 4. The number of piperidine rings is 1. The number of carbonyl (C=O) groups excluding carboxylic acids is 1. The summed E-state index contributed by atoms with van der Waals surface area (Å²) in [5.41, 5.74) is 1.81. The molecule has 2 fully saturated rings. The van der Waals surface area contributed by atoms with Gasteiger partial charge in [-0.05, 0) is 50.3 Å². The number of amides is 1. The van der Waals surface area contributed by atoms with Gasteiger partial charge in [-0.3, -0.25) is 9.89 Å². The largest absolute Gasteiger partial charge is 0.490 e. The average Bonchev–Trinajstić information content (AvgIpc) is 3.13. The SMILES string of the molecule is O=C(c1ccccc1OC1CCC1)N1CCC[C@H](c2ccn[nH]2)C1. The fourth-order valence-corrected chi connectivity index (χ4v) is 3.49. The van der Waals surface area contributed by atoms with Crippen LogP contribution in [0.2, 0.25) is 0 Å². The molecule has 1 aliphatic heterocycles. The van der Waals surface area contributed by atoms with E-state index in [-0.39, 0.29) is 12.0 Å². The predicted octanol–water partition coefficient (Wildman–Crippen LogP) is 3.36. The van der Waals surface area contributed by atoms with Gasteiger partial charge in [-0.2, -0.15) is 5.10 Å². The molecule has 2 aromatic rings. The van der Waals surface area contributed by atoms with Crippen LogP contribution in [0, 0.1) is 0 Å². The first-order valence-electron chi connectivity index (χ1n) is 8.85. The fraction of sp³-hybridized carbons (Fsp3) is 0.474. The highest BCUT2D eigenvalue weighted by Crippen LogP contribution is 2.30. The number of H-pyrrole nitrogens is 1. The van der Waals surface area contributed by atoms with Crippen LogP contribution in [0.5, 0.6) is 5.75 Å². The highest BCUT2D eigenvalue weighted by atomic mass is 16.5. The maximum Gasteiger partial charge on any atom is 0.257 e. The first-order valence-corrected chi connectivity index (χ1v) is 8.85. The molecule has 1 aromatic heterocycles. The van der Waals surface area contributed by atoms with Crippen molar-refractivity contribution in [3.8, 4) is 5.75 Å². The Morgan fingerprint density at radius 2 is 2.04 bits per heavy atom. The molecule has 5 nitrogen and oxygen atoms in total. The van der Waals surface area contributed by atoms with E-state index in [4.69, 9.17) is 4.74 Å². The maximum absolute atomic E-state index is 13.0. The Hall–Kier alpha value is -2.30. The lowest BCUT2D eigenvalue weighted by Crippen LogP contribution is -2.39. The van der Waals surface area contributed by atoms with Gasteiger partial charge in [0.15, 0.2) is 0 Å². The molecule has 0 unspecified atom stereocenters. The van der Waals surface area contributed by atoms with Crippen LogP contribution in [0.25, 0.3) is 0 Å². The maximum atomic E-state index is 13.0. The number of carbonyl (C=O) groups is 1. The van der Waals surface area contributed by atoms with Gasteiger partial charge in [-0.25, -0.2) is 0 Å². The van der Waals surface area contributed by atoms with Gasteiger partial charge >= 0.3 is 0 Å². The Bertz CT molecular complexity index is 694. The van der Waals surface area contributed by atoms with E-state index in [0.717, 1.165) is 50.2 Å². The second-order valence-electron chi connectivity index (χ2n) is 6.77. The Labute approximate surface area is 142 Å². The number of benzene rings is 1. The molecule has 2 aliphatic rings. The average molecular weight is 325 g/mol. The van der Waals surface area contributed by atoms with Gasteiger partial charge in [-0.1, -0.05) is 12.1 Å². The van der Waals surface area contributed by atoms with E-state index in [9.17, 15) is 4.79 Å². The van der Waals surface area contributed by atoms with Gasteiger partial charge < -0.3 is 9.64 Å². The summed E-state index contributed by atoms with van der Waals surface area (Å²) in [6.45, 7) is 1.54. The number of hydrogen-bond donors (Lipinski definition) is 1. The van der Waals surface area contributed by atoms with Crippen LogP contribution in [0.3, 0.4) is 0 Å². The topological polar surface area (TPSA) is 58.2 Å². The van der Waals surface area contributed by atoms with Crippen LogP contribution in [0.15, 0.2) is 36.5 Å². The van der Waals surface area contributed by atoms with E-state index in [2.05, 4.69) is 10.2 Å². The lowest BCUT2D eigenvalue weighted by atomic mass is 9.94. The number of ether oxygens (including phenoxy) is 1. The minimum absolute atomic E-state index is 0.0779. The van der Waals surface area contributed by atoms with Crippen LogP contribution < -0.4 is 4.74 Å². The summed E-state index contributed by atoms with van der Waals surface area (Å²) in [6.07, 6.45) is 7.56. The fourth-order valence-electron chi connectivity index (χ4n) is 3.49. The monoisotopic (exact) mass is 325 g/mol. The van der Waals surface area contributed by atoms with Gasteiger partial charge in [-0.15, -0.1) is 0 Å². The lowest BCUT2D eigenvalue weighted by Gasteiger charge is -2.33. The third-order valence-corrected chi connectivity index (χ3v) is 5.13. The van der Waals surface area contributed by atoms with Crippen molar-refractivity contribution in [1.29, 1.82) is 0 Å². The molecule has 2 heterocycles. The number of aromatic amines is 1. The van der Waals surface area contributed by atoms with E-state index in [1.807, 2.05) is 35.2 Å². The molecule has 1 aliphatic carbocycles. The van der Waals surface area contributed by atoms with Crippen molar-refractivity contribution in [3.05, 3.63) is 47.8 Å². The Kier molecular flexibility index (Phi) is 4.24. The number of nitrogens with zero attached hydrogens (tertiary/aromatic N) is 2. The second-order valence-corrected chi connectivity index (χ2v) is 6.77. The molecule has 0 radical (unpaired) electrons. The molecule has 24 heavy (non-hydrogen) atoms. The molecule has 4 rings (SSSR count). The highest BCUT2D eigenvalue weighted by molar-refractivity contribution is 5.97. The molecular formula is C19H23N3O2. The van der Waals surface area contributed by atoms with Gasteiger partial charge in [0, 0.05) is 30.9 Å². The minimum atomic E-state index is 0.0779. The lowest BCUT2D eigenvalue weighted by molar-refractivity contribution is 0.0689. The zero-order valence-corrected chi connectivity index (χ0v) is 13.8. The summed E-state index contributed by atoms with van der Waals surface area (Å²) in [6, 6.07) is 9.66. The Morgan fingerprint density at radius 1 is 1.17 bits per heavy atom. The Balaban J connectivity index is 1.50. The number of likely N-dealkylation sites (tertiary alicyclic amines) is 1. The smallest absolute Gasteiger partial charge is 0.257 e. The molecule has 0 spiro atoms. The number of para-hydroxylation sites is 1. The van der Waals surface area contributed by atoms with E-state index in [0.29, 0.717) is 11.5 Å². The van der Waals surface area contributed by atoms with Crippen molar-refractivity contribution < 1.29 is 9.53 Å². The van der Waals surface area contributed by atoms with Crippen molar-refractivity contribution in [2.45, 2.75) is 44.1 Å². The van der Waals surface area contributed by atoms with Crippen molar-refractivity contribution in [2.24, 2.45) is 0 Å². The van der Waals surface area contributed by atoms with Crippen LogP contribution in [-0.4, -0.2) is 40.2 Å². The molecule has 1 aromatic carbocycles. The molecule has 126 valence electrons. The van der Waals surface area contributed by atoms with Gasteiger partial charge in [0.25, 0.3) is 5.91 Å². The second kappa shape index (κ2) is 6.67. The van der Waals surface area contributed by atoms with E-state index >= 15 is 0 Å². The number of nitrogens with one attached hydrogen (secondary N) is 1. The van der Waals surface area contributed by atoms with Gasteiger partial charge in [0.1, 0.15) is 5.75 Å². The molecular weight excluding hydrogens is 302 g/mol. The summed E-state index contributed by atoms with van der Waals surface area (Å²) in [5.74, 6) is 1.15. The summed E-state index contributed by atoms with van der Waals surface area (Å²) < 4.78 is 6.03. The van der Waals surface area contributed by atoms with Crippen LogP contribution in [0.1, 0.15) is 54.1 Å². The van der Waals surface area contributed by atoms with E-state index < -0.39 is 0 Å². The highest BCUT2D eigenvalue weighted by Gasteiger charge is 2.28. The van der Waals surface area contributed by atoms with Gasteiger partial charge in [0.2, 0.25) is 0 Å². The molecule has 5 heteroatoms. The number of aromatic nitrogens is 2. The zero-order chi connectivity index (χ0) is 16.4. The van der Waals surface area contributed by atoms with E-state index in [1.165, 1.54) is 6.42 Å². The van der Waals surface area contributed by atoms with Crippen LogP contribution in [0.4, 0.5) is 0 Å². The van der Waals surface area contributed by atoms with Crippen molar-refractivity contribution in [1.82, 2.24) is 15.1 Å². The predicted molar refractivity (Wildman–Crippen MR) is 91.2 cm³/mol. The summed E-state index contributed by atoms with van der Waals surface area (Å²) in [5, 5.41) is 7.09. The molecule has 1 amide bonds. The minimum Gasteiger partial charge on any atom is -0.490 e. The van der Waals surface area contributed by atoms with Crippen LogP contribution in [-0.2, 0) is 0 Å². The first kappa shape index (κ1) is 15.2. The van der Waals surface area contributed by atoms with Crippen molar-refractivity contribution >= 4 is 5.91 Å². The van der Waals surface area contributed by atoms with E-state index in [1.54, 1.807) is 6.20 Å².